The lowest BCUT2D eigenvalue weighted by Crippen LogP contribution is -2.22. The van der Waals surface area contributed by atoms with Gasteiger partial charge < -0.3 is 9.72 Å². The molecule has 0 atom stereocenters. The van der Waals surface area contributed by atoms with Gasteiger partial charge in [0.15, 0.2) is 0 Å². The van der Waals surface area contributed by atoms with Crippen molar-refractivity contribution in [1.29, 1.82) is 0 Å². The summed E-state index contributed by atoms with van der Waals surface area (Å²) < 4.78 is 5.90. The third-order valence-electron chi connectivity index (χ3n) is 4.87. The molecule has 0 spiro atoms. The summed E-state index contributed by atoms with van der Waals surface area (Å²) in [5, 5.41) is 3.98. The molecule has 6 nitrogen and oxygen atoms in total. The summed E-state index contributed by atoms with van der Waals surface area (Å²) >= 11 is 0. The van der Waals surface area contributed by atoms with Gasteiger partial charge in [-0.25, -0.2) is 4.98 Å². The van der Waals surface area contributed by atoms with Crippen LogP contribution in [0.4, 0.5) is 0 Å². The van der Waals surface area contributed by atoms with Crippen LogP contribution in [-0.2, 0) is 0 Å². The molecule has 1 aliphatic rings. The molecule has 2 amide bonds. The number of nitrogens with one attached hydrogen (secondary N) is 2. The molecule has 0 aliphatic carbocycles. The van der Waals surface area contributed by atoms with E-state index in [0.717, 1.165) is 33.1 Å². The Morgan fingerprint density at radius 1 is 0.897 bits per heavy atom. The highest BCUT2D eigenvalue weighted by molar-refractivity contribution is 6.30. The molecular weight excluding hydrogens is 366 g/mol. The maximum Gasteiger partial charge on any atom is 0.277 e. The predicted octanol–water partition coefficient (Wildman–Crippen LogP) is 4.44. The molecule has 6 heteroatoms. The van der Waals surface area contributed by atoms with Gasteiger partial charge >= 0.3 is 0 Å². The molecule has 2 N–H and O–H groups in total. The van der Waals surface area contributed by atoms with Crippen LogP contribution in [0.5, 0.6) is 5.75 Å². The number of fused-ring (bicyclic) bond motifs is 5. The largest absolute Gasteiger partial charge is 0.488 e. The number of imide groups is 1. The second kappa shape index (κ2) is 5.91. The first-order valence-electron chi connectivity index (χ1n) is 9.41. The van der Waals surface area contributed by atoms with Gasteiger partial charge in [-0.15, -0.1) is 0 Å². The van der Waals surface area contributed by atoms with E-state index in [1.807, 2.05) is 69.3 Å². The average Bonchev–Trinajstić information content (AvgIpc) is 3.18. The Morgan fingerprint density at radius 2 is 1.62 bits per heavy atom. The monoisotopic (exact) mass is 385 g/mol. The highest BCUT2D eigenvalue weighted by atomic mass is 16.5. The quantitative estimate of drug-likeness (QED) is 0.500. The van der Waals surface area contributed by atoms with E-state index in [9.17, 15) is 9.59 Å². The fraction of sp³-hybridized carbons (Fsp3) is 0.174. The lowest BCUT2D eigenvalue weighted by Gasteiger charge is -2.21. The first kappa shape index (κ1) is 17.4. The summed E-state index contributed by atoms with van der Waals surface area (Å²) in [4.78, 5) is 32.8. The number of nitrogens with zero attached hydrogens (tertiary/aromatic N) is 1. The zero-order valence-corrected chi connectivity index (χ0v) is 16.3. The van der Waals surface area contributed by atoms with Crippen molar-refractivity contribution in [3.05, 3.63) is 59.8 Å². The Morgan fingerprint density at radius 3 is 2.34 bits per heavy atom. The van der Waals surface area contributed by atoms with Gasteiger partial charge in [-0.05, 0) is 51.1 Å². The topological polar surface area (TPSA) is 84.1 Å². The maximum atomic E-state index is 12.5. The Hall–Kier alpha value is -3.67. The van der Waals surface area contributed by atoms with Crippen LogP contribution in [0.2, 0.25) is 0 Å². The van der Waals surface area contributed by atoms with E-state index < -0.39 is 11.8 Å². The molecule has 1 aliphatic heterocycles. The summed E-state index contributed by atoms with van der Waals surface area (Å²) in [6.45, 7) is 5.98. The summed E-state index contributed by atoms with van der Waals surface area (Å²) in [7, 11) is 0. The van der Waals surface area contributed by atoms with E-state index in [4.69, 9.17) is 4.74 Å². The van der Waals surface area contributed by atoms with E-state index in [0.29, 0.717) is 11.3 Å². The number of carbonyl (C=O) groups is 2. The van der Waals surface area contributed by atoms with Gasteiger partial charge in [0, 0.05) is 21.9 Å². The molecule has 144 valence electrons. The normalized spacial score (nSPS) is 13.8. The zero-order chi connectivity index (χ0) is 20.3. The highest BCUT2D eigenvalue weighted by Gasteiger charge is 2.33. The van der Waals surface area contributed by atoms with Crippen molar-refractivity contribution in [1.82, 2.24) is 15.3 Å². The van der Waals surface area contributed by atoms with Gasteiger partial charge in [0.1, 0.15) is 17.0 Å². The second-order valence-corrected chi connectivity index (χ2v) is 8.13. The number of amides is 2. The molecule has 5 rings (SSSR count). The van der Waals surface area contributed by atoms with Gasteiger partial charge in [0.25, 0.3) is 11.8 Å². The molecule has 4 aromatic rings. The molecule has 0 fully saturated rings. The van der Waals surface area contributed by atoms with Crippen LogP contribution < -0.4 is 10.1 Å². The minimum Gasteiger partial charge on any atom is -0.488 e. The summed E-state index contributed by atoms with van der Waals surface area (Å²) in [6, 6.07) is 15.3. The molecule has 0 unspecified atom stereocenters. The number of pyridine rings is 1. The van der Waals surface area contributed by atoms with Crippen molar-refractivity contribution in [3.8, 4) is 17.0 Å². The van der Waals surface area contributed by atoms with E-state index in [-0.39, 0.29) is 11.3 Å². The Labute approximate surface area is 166 Å². The first-order chi connectivity index (χ1) is 13.8. The van der Waals surface area contributed by atoms with Gasteiger partial charge in [-0.1, -0.05) is 18.2 Å². The van der Waals surface area contributed by atoms with Gasteiger partial charge in [0.2, 0.25) is 0 Å². The molecule has 0 saturated heterocycles. The molecule has 3 heterocycles. The number of rotatable bonds is 2. The van der Waals surface area contributed by atoms with Gasteiger partial charge in [-0.2, -0.15) is 0 Å². The van der Waals surface area contributed by atoms with Crippen molar-refractivity contribution in [2.45, 2.75) is 26.4 Å². The number of benzene rings is 2. The van der Waals surface area contributed by atoms with Crippen LogP contribution in [0.25, 0.3) is 33.1 Å². The predicted molar refractivity (Wildman–Crippen MR) is 111 cm³/mol. The number of H-pyrrole nitrogens is 1. The number of para-hydroxylation sites is 1. The van der Waals surface area contributed by atoms with Crippen LogP contribution in [0.15, 0.2) is 48.5 Å². The van der Waals surface area contributed by atoms with Crippen molar-refractivity contribution in [3.63, 3.8) is 0 Å². The summed E-state index contributed by atoms with van der Waals surface area (Å²) in [6.07, 6.45) is 0. The Balaban J connectivity index is 1.77. The summed E-state index contributed by atoms with van der Waals surface area (Å²) in [5.41, 5.74) is 3.28. The number of ether oxygens (including phenoxy) is 1. The third-order valence-corrected chi connectivity index (χ3v) is 4.87. The first-order valence-corrected chi connectivity index (χ1v) is 9.41. The number of aromatic nitrogens is 2. The molecule has 0 saturated carbocycles. The SMILES string of the molecule is CC(C)(C)Oc1ccc(-c2nc3c(c4c2[nH]c2ccccc24)C(=O)NC3=O)cc1. The van der Waals surface area contributed by atoms with Crippen molar-refractivity contribution >= 4 is 33.6 Å². The lowest BCUT2D eigenvalue weighted by molar-refractivity contribution is 0.0878. The van der Waals surface area contributed by atoms with Crippen LogP contribution >= 0.6 is 0 Å². The van der Waals surface area contributed by atoms with Gasteiger partial charge in [-0.3, -0.25) is 14.9 Å². The molecule has 0 bridgehead atoms. The fourth-order valence-corrected chi connectivity index (χ4v) is 3.77. The van der Waals surface area contributed by atoms with Crippen LogP contribution in [0.1, 0.15) is 41.6 Å². The third kappa shape index (κ3) is 2.76. The smallest absolute Gasteiger partial charge is 0.277 e. The number of hydrogen-bond acceptors (Lipinski definition) is 4. The number of carbonyl (C=O) groups excluding carboxylic acids is 2. The minimum atomic E-state index is -0.467. The Bertz CT molecular complexity index is 1310. The standard InChI is InChI=1S/C23H19N3O3/c1-23(2,3)29-13-10-8-12(9-11-13)18-19-16(14-6-4-5-7-15(14)24-19)17-20(25-18)22(28)26-21(17)27/h4-11,24H,1-3H3,(H,26,27,28). The van der Waals surface area contributed by atoms with Crippen molar-refractivity contribution in [2.75, 3.05) is 0 Å². The van der Waals surface area contributed by atoms with Crippen molar-refractivity contribution in [2.24, 2.45) is 0 Å². The second-order valence-electron chi connectivity index (χ2n) is 8.13. The number of hydrogen-bond donors (Lipinski definition) is 2. The van der Waals surface area contributed by atoms with E-state index in [1.54, 1.807) is 0 Å². The fourth-order valence-electron chi connectivity index (χ4n) is 3.77. The van der Waals surface area contributed by atoms with E-state index in [2.05, 4.69) is 15.3 Å². The molecule has 2 aromatic heterocycles. The van der Waals surface area contributed by atoms with Crippen LogP contribution in [0.3, 0.4) is 0 Å². The summed E-state index contributed by atoms with van der Waals surface area (Å²) in [5.74, 6) is -0.123. The lowest BCUT2D eigenvalue weighted by atomic mass is 10.0. The maximum absolute atomic E-state index is 12.5. The van der Waals surface area contributed by atoms with Crippen LogP contribution in [0, 0.1) is 0 Å². The van der Waals surface area contributed by atoms with E-state index in [1.165, 1.54) is 0 Å². The van der Waals surface area contributed by atoms with Crippen molar-refractivity contribution < 1.29 is 14.3 Å². The van der Waals surface area contributed by atoms with Gasteiger partial charge in [0.05, 0.1) is 16.8 Å². The molecular formula is C23H19N3O3. The van der Waals surface area contributed by atoms with E-state index >= 15 is 0 Å². The number of aromatic amines is 1. The zero-order valence-electron chi connectivity index (χ0n) is 16.3. The average molecular weight is 385 g/mol. The molecule has 29 heavy (non-hydrogen) atoms. The Kier molecular flexibility index (Phi) is 3.55. The molecule has 0 radical (unpaired) electrons. The highest BCUT2D eigenvalue weighted by Crippen LogP contribution is 2.37. The molecule has 2 aromatic carbocycles. The van der Waals surface area contributed by atoms with Crippen LogP contribution in [-0.4, -0.2) is 27.4 Å². The minimum absolute atomic E-state index is 0.164.